The van der Waals surface area contributed by atoms with Crippen molar-refractivity contribution in [3.8, 4) is 11.5 Å². The van der Waals surface area contributed by atoms with E-state index in [1.807, 2.05) is 13.8 Å². The number of nitrogens with two attached hydrogens (primary N) is 1. The summed E-state index contributed by atoms with van der Waals surface area (Å²) in [6.45, 7) is 3.77. The number of anilines is 1. The van der Waals surface area contributed by atoms with Crippen LogP contribution < -0.4 is 5.73 Å². The standard InChI is InChI=1S/C8H10N6/c1-4-5(2)11-8(12-7(4)9)6-3-10-14-13-6/h3H,1-2H3,(H2,9,11,12)(H,10,13,14). The number of nitrogen functional groups attached to an aromatic ring is 1. The van der Waals surface area contributed by atoms with Gasteiger partial charge in [-0.05, 0) is 13.8 Å². The Labute approximate surface area is 80.6 Å². The highest BCUT2D eigenvalue weighted by Gasteiger charge is 2.08. The van der Waals surface area contributed by atoms with Gasteiger partial charge in [0.15, 0.2) is 5.82 Å². The lowest BCUT2D eigenvalue weighted by Gasteiger charge is -2.03. The molecule has 0 atom stereocenters. The molecule has 2 aromatic heterocycles. The highest BCUT2D eigenvalue weighted by Crippen LogP contribution is 2.16. The van der Waals surface area contributed by atoms with Crippen LogP contribution in [0.1, 0.15) is 11.3 Å². The van der Waals surface area contributed by atoms with Crippen LogP contribution in [-0.2, 0) is 0 Å². The van der Waals surface area contributed by atoms with Gasteiger partial charge in [-0.25, -0.2) is 9.97 Å². The quantitative estimate of drug-likeness (QED) is 0.681. The zero-order valence-electron chi connectivity index (χ0n) is 7.94. The Kier molecular flexibility index (Phi) is 1.88. The van der Waals surface area contributed by atoms with Crippen LogP contribution >= 0.6 is 0 Å². The minimum atomic E-state index is 0.482. The first kappa shape index (κ1) is 8.61. The molecule has 0 aliphatic heterocycles. The smallest absolute Gasteiger partial charge is 0.183 e. The van der Waals surface area contributed by atoms with Crippen molar-refractivity contribution in [3.05, 3.63) is 17.5 Å². The second-order valence-corrected chi connectivity index (χ2v) is 3.00. The molecular formula is C8H10N6. The molecule has 2 rings (SSSR count). The van der Waals surface area contributed by atoms with Crippen LogP contribution in [0.3, 0.4) is 0 Å². The normalized spacial score (nSPS) is 10.4. The molecular weight excluding hydrogens is 180 g/mol. The monoisotopic (exact) mass is 190 g/mol. The van der Waals surface area contributed by atoms with Gasteiger partial charge in [-0.15, -0.1) is 0 Å². The maximum atomic E-state index is 5.72. The van der Waals surface area contributed by atoms with E-state index in [4.69, 9.17) is 5.73 Å². The average molecular weight is 190 g/mol. The summed E-state index contributed by atoms with van der Waals surface area (Å²) in [5, 5.41) is 10.1. The molecule has 3 N–H and O–H groups in total. The molecule has 0 aliphatic carbocycles. The fourth-order valence-electron chi connectivity index (χ4n) is 1.07. The van der Waals surface area contributed by atoms with Crippen LogP contribution in [0.15, 0.2) is 6.20 Å². The van der Waals surface area contributed by atoms with E-state index in [0.29, 0.717) is 17.3 Å². The Morgan fingerprint density at radius 3 is 2.64 bits per heavy atom. The number of nitrogens with one attached hydrogen (secondary N) is 1. The lowest BCUT2D eigenvalue weighted by molar-refractivity contribution is 0.936. The summed E-state index contributed by atoms with van der Waals surface area (Å²) < 4.78 is 0. The maximum absolute atomic E-state index is 5.72. The van der Waals surface area contributed by atoms with Crippen molar-refractivity contribution in [3.63, 3.8) is 0 Å². The summed E-state index contributed by atoms with van der Waals surface area (Å²) in [5.41, 5.74) is 8.07. The van der Waals surface area contributed by atoms with Crippen LogP contribution in [0.5, 0.6) is 0 Å². The fourth-order valence-corrected chi connectivity index (χ4v) is 1.07. The van der Waals surface area contributed by atoms with Crippen molar-refractivity contribution in [2.75, 3.05) is 5.73 Å². The summed E-state index contributed by atoms with van der Waals surface area (Å²) in [6.07, 6.45) is 1.56. The Hall–Kier alpha value is -1.98. The maximum Gasteiger partial charge on any atom is 0.183 e. The van der Waals surface area contributed by atoms with Crippen LogP contribution in [0.25, 0.3) is 11.5 Å². The number of rotatable bonds is 1. The van der Waals surface area contributed by atoms with Gasteiger partial charge in [0.1, 0.15) is 11.5 Å². The number of H-pyrrole nitrogens is 1. The summed E-state index contributed by atoms with van der Waals surface area (Å²) in [4.78, 5) is 8.38. The van der Waals surface area contributed by atoms with E-state index in [0.717, 1.165) is 11.3 Å². The lowest BCUT2D eigenvalue weighted by Crippen LogP contribution is -2.02. The van der Waals surface area contributed by atoms with Gasteiger partial charge in [-0.1, -0.05) is 0 Å². The van der Waals surface area contributed by atoms with Gasteiger partial charge in [-0.2, -0.15) is 15.4 Å². The van der Waals surface area contributed by atoms with E-state index < -0.39 is 0 Å². The number of aryl methyl sites for hydroxylation is 1. The minimum absolute atomic E-state index is 0.482. The topological polar surface area (TPSA) is 93.4 Å². The fraction of sp³-hybridized carbons (Fsp3) is 0.250. The minimum Gasteiger partial charge on any atom is -0.383 e. The molecule has 72 valence electrons. The molecule has 0 radical (unpaired) electrons. The largest absolute Gasteiger partial charge is 0.383 e. The van der Waals surface area contributed by atoms with Crippen LogP contribution in [0.2, 0.25) is 0 Å². The number of hydrogen-bond acceptors (Lipinski definition) is 5. The van der Waals surface area contributed by atoms with Gasteiger partial charge in [0.2, 0.25) is 0 Å². The van der Waals surface area contributed by atoms with Gasteiger partial charge >= 0.3 is 0 Å². The molecule has 6 heteroatoms. The Morgan fingerprint density at radius 2 is 2.07 bits per heavy atom. The average Bonchev–Trinajstić information content (AvgIpc) is 2.66. The molecule has 6 nitrogen and oxygen atoms in total. The van der Waals surface area contributed by atoms with E-state index >= 15 is 0 Å². The van der Waals surface area contributed by atoms with Crippen LogP contribution in [-0.4, -0.2) is 25.4 Å². The Morgan fingerprint density at radius 1 is 1.29 bits per heavy atom. The molecule has 0 bridgehead atoms. The summed E-state index contributed by atoms with van der Waals surface area (Å²) in [5.74, 6) is 0.981. The summed E-state index contributed by atoms with van der Waals surface area (Å²) in [6, 6.07) is 0. The molecule has 2 heterocycles. The molecule has 0 amide bonds. The van der Waals surface area contributed by atoms with Crippen molar-refractivity contribution >= 4 is 5.82 Å². The van der Waals surface area contributed by atoms with Gasteiger partial charge in [0.25, 0.3) is 0 Å². The first-order chi connectivity index (χ1) is 6.68. The number of hydrogen-bond donors (Lipinski definition) is 2. The van der Waals surface area contributed by atoms with Crippen molar-refractivity contribution in [2.45, 2.75) is 13.8 Å². The predicted molar refractivity (Wildman–Crippen MR) is 51.3 cm³/mol. The van der Waals surface area contributed by atoms with E-state index in [9.17, 15) is 0 Å². The Balaban J connectivity index is 2.57. The first-order valence-electron chi connectivity index (χ1n) is 4.15. The zero-order valence-corrected chi connectivity index (χ0v) is 7.94. The van der Waals surface area contributed by atoms with E-state index in [1.54, 1.807) is 6.20 Å². The van der Waals surface area contributed by atoms with E-state index in [1.165, 1.54) is 0 Å². The van der Waals surface area contributed by atoms with Crippen LogP contribution in [0.4, 0.5) is 5.82 Å². The van der Waals surface area contributed by atoms with Crippen LogP contribution in [0, 0.1) is 13.8 Å². The number of nitrogens with zero attached hydrogens (tertiary/aromatic N) is 4. The van der Waals surface area contributed by atoms with Gasteiger partial charge in [0.05, 0.1) is 6.20 Å². The highest BCUT2D eigenvalue weighted by molar-refractivity contribution is 5.53. The van der Waals surface area contributed by atoms with Gasteiger partial charge < -0.3 is 5.73 Å². The molecule has 0 spiro atoms. The van der Waals surface area contributed by atoms with Gasteiger partial charge in [-0.3, -0.25) is 0 Å². The SMILES string of the molecule is Cc1nc(-c2cn[nH]n2)nc(N)c1C. The van der Waals surface area contributed by atoms with Crippen molar-refractivity contribution in [2.24, 2.45) is 0 Å². The molecule has 0 aliphatic rings. The molecule has 0 fully saturated rings. The zero-order chi connectivity index (χ0) is 10.1. The number of aromatic nitrogens is 5. The van der Waals surface area contributed by atoms with E-state index in [-0.39, 0.29) is 0 Å². The molecule has 0 saturated carbocycles. The third kappa shape index (κ3) is 1.30. The second-order valence-electron chi connectivity index (χ2n) is 3.00. The molecule has 14 heavy (non-hydrogen) atoms. The second kappa shape index (κ2) is 3.06. The van der Waals surface area contributed by atoms with Crippen molar-refractivity contribution < 1.29 is 0 Å². The summed E-state index contributed by atoms with van der Waals surface area (Å²) in [7, 11) is 0. The third-order valence-corrected chi connectivity index (χ3v) is 2.07. The molecule has 0 aromatic carbocycles. The van der Waals surface area contributed by atoms with E-state index in [2.05, 4.69) is 25.4 Å². The van der Waals surface area contributed by atoms with Crippen molar-refractivity contribution in [1.82, 2.24) is 25.4 Å². The third-order valence-electron chi connectivity index (χ3n) is 2.07. The summed E-state index contributed by atoms with van der Waals surface area (Å²) >= 11 is 0. The van der Waals surface area contributed by atoms with Crippen molar-refractivity contribution in [1.29, 1.82) is 0 Å². The lowest BCUT2D eigenvalue weighted by atomic mass is 10.2. The van der Waals surface area contributed by atoms with Gasteiger partial charge in [0, 0.05) is 11.3 Å². The Bertz CT molecular complexity index is 424. The number of aromatic amines is 1. The molecule has 0 saturated heterocycles. The predicted octanol–water partition coefficient (Wildman–Crippen LogP) is 0.461. The molecule has 2 aromatic rings. The first-order valence-corrected chi connectivity index (χ1v) is 4.15. The molecule has 0 unspecified atom stereocenters. The highest BCUT2D eigenvalue weighted by atomic mass is 15.3.